The number of hydrogen-bond acceptors (Lipinski definition) is 4. The summed E-state index contributed by atoms with van der Waals surface area (Å²) in [4.78, 5) is 14.7. The van der Waals surface area contributed by atoms with Crippen LogP contribution in [-0.2, 0) is 0 Å². The first kappa shape index (κ1) is 35.9. The van der Waals surface area contributed by atoms with E-state index in [4.69, 9.17) is 9.98 Å². The fourth-order valence-electron chi connectivity index (χ4n) is 9.82. The third-order valence-electron chi connectivity index (χ3n) is 12.6. The van der Waals surface area contributed by atoms with E-state index in [9.17, 15) is 0 Å². The molecule has 0 amide bonds. The predicted octanol–water partition coefficient (Wildman–Crippen LogP) is 13.9. The van der Waals surface area contributed by atoms with Gasteiger partial charge in [-0.15, -0.1) is 0 Å². The number of dihydropyridines is 2. The SMILES string of the molecule is C1=CC(c2cccc(C3=CC(c4ccc(-c5ccc6c7c(cccc57)-c5c-6c(-c6ccccc6)c6ccccc6c5-c5ccccc5)cc4)=CCN3)n2)=NC(c2ccccn2)C1. The summed E-state index contributed by atoms with van der Waals surface area (Å²) in [6.07, 6.45) is 11.4. The van der Waals surface area contributed by atoms with Crippen LogP contribution in [0.3, 0.4) is 0 Å². The van der Waals surface area contributed by atoms with Crippen molar-refractivity contribution in [1.29, 1.82) is 0 Å². The third-order valence-corrected chi connectivity index (χ3v) is 12.6. The first-order valence-corrected chi connectivity index (χ1v) is 21.4. The van der Waals surface area contributed by atoms with E-state index in [1.54, 1.807) is 0 Å². The van der Waals surface area contributed by atoms with Gasteiger partial charge in [0.25, 0.3) is 0 Å². The molecule has 0 fully saturated rings. The van der Waals surface area contributed by atoms with Gasteiger partial charge in [-0.25, -0.2) is 4.98 Å². The molecule has 1 unspecified atom stereocenters. The maximum Gasteiger partial charge on any atom is 0.0961 e. The zero-order valence-corrected chi connectivity index (χ0v) is 34.0. The number of nitrogens with one attached hydrogen (secondary N) is 1. The molecule has 4 nitrogen and oxygen atoms in total. The van der Waals surface area contributed by atoms with Crippen LogP contribution < -0.4 is 5.32 Å². The molecule has 12 rings (SSSR count). The van der Waals surface area contributed by atoms with Crippen LogP contribution in [0.5, 0.6) is 0 Å². The number of hydrogen-bond donors (Lipinski definition) is 1. The quantitative estimate of drug-likeness (QED) is 0.175. The minimum Gasteiger partial charge on any atom is -0.380 e. The van der Waals surface area contributed by atoms with Crippen LogP contribution in [0.2, 0.25) is 0 Å². The lowest BCUT2D eigenvalue weighted by Crippen LogP contribution is -2.18. The lowest BCUT2D eigenvalue weighted by molar-refractivity contribution is 0.709. The van der Waals surface area contributed by atoms with Gasteiger partial charge in [0, 0.05) is 12.7 Å². The molecule has 2 aromatic heterocycles. The molecule has 1 aliphatic carbocycles. The molecule has 292 valence electrons. The Bertz CT molecular complexity index is 3250. The molecular weight excluding hydrogens is 753 g/mol. The van der Waals surface area contributed by atoms with Gasteiger partial charge < -0.3 is 5.32 Å². The van der Waals surface area contributed by atoms with Crippen LogP contribution in [0.1, 0.15) is 35.1 Å². The standard InChI is InChI=1S/C58H40N4/c1-3-14-39(15-4-1)54-44-18-7-8-19-45(44)55(40-16-5-2-6-17-40)58-47-32-31-42(43-20-11-21-46(56(43)47)57(54)58)38-29-27-37(28-30-38)41-33-35-60-53(36-41)52-26-13-25-51(62-52)50-24-12-23-49(61-50)48-22-9-10-34-59-48/h1-22,24-34,36,49,60H,23,35H2. The molecule has 1 N–H and O–H groups in total. The zero-order valence-electron chi connectivity index (χ0n) is 34.0. The molecule has 4 heterocycles. The van der Waals surface area contributed by atoms with Gasteiger partial charge in [-0.3, -0.25) is 9.98 Å². The van der Waals surface area contributed by atoms with E-state index in [2.05, 4.69) is 186 Å². The number of allylic oxidation sites excluding steroid dienone is 3. The number of fused-ring (bicyclic) bond motifs is 4. The number of aliphatic imine (C=N–C) groups is 1. The van der Waals surface area contributed by atoms with E-state index in [0.717, 1.165) is 41.5 Å². The zero-order chi connectivity index (χ0) is 41.0. The Labute approximate surface area is 361 Å². The van der Waals surface area contributed by atoms with Crippen molar-refractivity contribution < 1.29 is 0 Å². The second kappa shape index (κ2) is 14.9. The molecule has 0 bridgehead atoms. The van der Waals surface area contributed by atoms with E-state index < -0.39 is 0 Å². The largest absolute Gasteiger partial charge is 0.380 e. The van der Waals surface area contributed by atoms with Crippen molar-refractivity contribution in [1.82, 2.24) is 15.3 Å². The molecule has 3 aliphatic rings. The summed E-state index contributed by atoms with van der Waals surface area (Å²) in [5, 5.41) is 8.71. The third kappa shape index (κ3) is 6.02. The minimum absolute atomic E-state index is 0.00621. The van der Waals surface area contributed by atoms with Gasteiger partial charge in [0.15, 0.2) is 0 Å². The average molecular weight is 793 g/mol. The smallest absolute Gasteiger partial charge is 0.0961 e. The first-order valence-electron chi connectivity index (χ1n) is 21.4. The number of pyridine rings is 2. The van der Waals surface area contributed by atoms with Crippen molar-refractivity contribution in [2.45, 2.75) is 12.5 Å². The number of rotatable bonds is 7. The van der Waals surface area contributed by atoms with Gasteiger partial charge in [-0.1, -0.05) is 164 Å². The van der Waals surface area contributed by atoms with Crippen LogP contribution >= 0.6 is 0 Å². The van der Waals surface area contributed by atoms with Crippen molar-refractivity contribution in [2.75, 3.05) is 6.54 Å². The van der Waals surface area contributed by atoms with Crippen LogP contribution in [0.15, 0.2) is 211 Å². The van der Waals surface area contributed by atoms with Crippen molar-refractivity contribution in [3.63, 3.8) is 0 Å². The molecule has 1 atom stereocenters. The van der Waals surface area contributed by atoms with E-state index in [-0.39, 0.29) is 6.04 Å². The highest BCUT2D eigenvalue weighted by molar-refractivity contribution is 6.28. The summed E-state index contributed by atoms with van der Waals surface area (Å²) in [6.45, 7) is 0.720. The Morgan fingerprint density at radius 2 is 1.11 bits per heavy atom. The Hall–Kier alpha value is -7.95. The molecule has 7 aromatic carbocycles. The highest BCUT2D eigenvalue weighted by Gasteiger charge is 2.31. The molecule has 0 saturated heterocycles. The first-order chi connectivity index (χ1) is 30.8. The molecule has 9 aromatic rings. The molecule has 2 aliphatic heterocycles. The van der Waals surface area contributed by atoms with Gasteiger partial charge in [-0.2, -0.15) is 0 Å². The second-order valence-corrected chi connectivity index (χ2v) is 16.2. The van der Waals surface area contributed by atoms with Crippen molar-refractivity contribution in [3.05, 3.63) is 229 Å². The second-order valence-electron chi connectivity index (χ2n) is 16.2. The number of aromatic nitrogens is 2. The van der Waals surface area contributed by atoms with E-state index >= 15 is 0 Å². The fourth-order valence-corrected chi connectivity index (χ4v) is 9.82. The monoisotopic (exact) mass is 792 g/mol. The Balaban J connectivity index is 0.914. The van der Waals surface area contributed by atoms with E-state index in [1.807, 2.05) is 30.5 Å². The van der Waals surface area contributed by atoms with Crippen LogP contribution in [0.4, 0.5) is 0 Å². The highest BCUT2D eigenvalue weighted by atomic mass is 14.9. The van der Waals surface area contributed by atoms with Crippen LogP contribution in [0.25, 0.3) is 88.4 Å². The molecule has 0 spiro atoms. The van der Waals surface area contributed by atoms with Crippen LogP contribution in [-0.4, -0.2) is 22.2 Å². The number of benzene rings is 7. The lowest BCUT2D eigenvalue weighted by Gasteiger charge is -2.20. The lowest BCUT2D eigenvalue weighted by atomic mass is 9.82. The van der Waals surface area contributed by atoms with Crippen molar-refractivity contribution in [2.24, 2.45) is 4.99 Å². The van der Waals surface area contributed by atoms with E-state index in [1.165, 1.54) is 88.3 Å². The normalized spacial score (nSPS) is 15.2. The molecule has 0 radical (unpaired) electrons. The summed E-state index contributed by atoms with van der Waals surface area (Å²) < 4.78 is 0. The van der Waals surface area contributed by atoms with Gasteiger partial charge in [0.05, 0.1) is 34.5 Å². The highest BCUT2D eigenvalue weighted by Crippen LogP contribution is 2.58. The summed E-state index contributed by atoms with van der Waals surface area (Å²) in [5.74, 6) is 0. The Morgan fingerprint density at radius 1 is 0.484 bits per heavy atom. The summed E-state index contributed by atoms with van der Waals surface area (Å²) in [6, 6.07) is 63.6. The van der Waals surface area contributed by atoms with Gasteiger partial charge in [0.1, 0.15) is 0 Å². The Kier molecular flexibility index (Phi) is 8.67. The molecular formula is C58H40N4. The summed E-state index contributed by atoms with van der Waals surface area (Å²) in [7, 11) is 0. The maximum atomic E-state index is 5.09. The molecule has 4 heteroatoms. The number of nitrogens with zero attached hydrogens (tertiary/aromatic N) is 3. The van der Waals surface area contributed by atoms with Crippen molar-refractivity contribution in [3.8, 4) is 55.6 Å². The molecule has 0 saturated carbocycles. The van der Waals surface area contributed by atoms with Gasteiger partial charge >= 0.3 is 0 Å². The summed E-state index contributed by atoms with van der Waals surface area (Å²) in [5.41, 5.74) is 19.7. The minimum atomic E-state index is -0.00621. The van der Waals surface area contributed by atoms with E-state index in [0.29, 0.717) is 0 Å². The average Bonchev–Trinajstić information content (AvgIpc) is 3.69. The van der Waals surface area contributed by atoms with Crippen LogP contribution in [0, 0.1) is 0 Å². The van der Waals surface area contributed by atoms with Gasteiger partial charge in [0.2, 0.25) is 0 Å². The Morgan fingerprint density at radius 3 is 1.84 bits per heavy atom. The maximum absolute atomic E-state index is 5.09. The topological polar surface area (TPSA) is 50.2 Å². The predicted molar refractivity (Wildman–Crippen MR) is 258 cm³/mol. The summed E-state index contributed by atoms with van der Waals surface area (Å²) >= 11 is 0. The van der Waals surface area contributed by atoms with Crippen molar-refractivity contribution >= 4 is 38.5 Å². The molecule has 62 heavy (non-hydrogen) atoms. The fraction of sp³-hybridized carbons (Fsp3) is 0.0517. The van der Waals surface area contributed by atoms with Gasteiger partial charge in [-0.05, 0) is 131 Å².